The summed E-state index contributed by atoms with van der Waals surface area (Å²) in [5.74, 6) is 0.112. The lowest BCUT2D eigenvalue weighted by Crippen LogP contribution is -2.24. The molecule has 16 heavy (non-hydrogen) atoms. The molecule has 90 valence electrons. The molecule has 0 aliphatic rings. The van der Waals surface area contributed by atoms with E-state index in [9.17, 15) is 13.5 Å². The fourth-order valence-electron chi connectivity index (χ4n) is 1.19. The van der Waals surface area contributed by atoms with Crippen LogP contribution in [0.4, 0.5) is 5.69 Å². The maximum Gasteiger partial charge on any atom is 0.231 e. The average Bonchev–Trinajstić information content (AvgIpc) is 2.26. The van der Waals surface area contributed by atoms with Crippen LogP contribution in [0.3, 0.4) is 0 Å². The zero-order chi connectivity index (χ0) is 12.3. The Balaban J connectivity index is 2.96. The Bertz CT molecular complexity index is 444. The zero-order valence-corrected chi connectivity index (χ0v) is 10.7. The van der Waals surface area contributed by atoms with E-state index in [1.807, 2.05) is 0 Å². The van der Waals surface area contributed by atoms with Crippen LogP contribution >= 0.6 is 11.6 Å². The first-order chi connectivity index (χ1) is 7.36. The predicted molar refractivity (Wildman–Crippen MR) is 65.4 cm³/mol. The van der Waals surface area contributed by atoms with E-state index in [2.05, 4.69) is 0 Å². The number of sulfonamides is 1. The molecule has 1 aromatic rings. The van der Waals surface area contributed by atoms with Gasteiger partial charge in [-0.1, -0.05) is 12.1 Å². The summed E-state index contributed by atoms with van der Waals surface area (Å²) in [5, 5.41) is 9.45. The Morgan fingerprint density at radius 2 is 1.88 bits per heavy atom. The van der Waals surface area contributed by atoms with Crippen molar-refractivity contribution in [2.45, 2.75) is 6.10 Å². The van der Waals surface area contributed by atoms with Gasteiger partial charge in [0, 0.05) is 7.05 Å². The smallest absolute Gasteiger partial charge is 0.231 e. The molecular weight excluding hydrogens is 250 g/mol. The van der Waals surface area contributed by atoms with Gasteiger partial charge in [0.05, 0.1) is 23.9 Å². The summed E-state index contributed by atoms with van der Waals surface area (Å²) >= 11 is 5.51. The molecule has 6 heteroatoms. The van der Waals surface area contributed by atoms with E-state index in [0.717, 1.165) is 6.26 Å². The van der Waals surface area contributed by atoms with E-state index >= 15 is 0 Å². The summed E-state index contributed by atoms with van der Waals surface area (Å²) < 4.78 is 23.7. The molecule has 1 atom stereocenters. The van der Waals surface area contributed by atoms with Gasteiger partial charge in [-0.2, -0.15) is 0 Å². The molecular formula is C10H14ClNO3S. The first-order valence-corrected chi connectivity index (χ1v) is 7.02. The quantitative estimate of drug-likeness (QED) is 0.835. The molecule has 0 unspecified atom stereocenters. The molecule has 0 saturated carbocycles. The lowest BCUT2D eigenvalue weighted by molar-refractivity contribution is 0.202. The lowest BCUT2D eigenvalue weighted by Gasteiger charge is -2.17. The molecule has 0 amide bonds. The SMILES string of the molecule is CN(c1ccc([C@H](O)CCl)cc1)S(C)(=O)=O. The highest BCUT2D eigenvalue weighted by molar-refractivity contribution is 7.92. The number of aliphatic hydroxyl groups is 1. The molecule has 0 saturated heterocycles. The van der Waals surface area contributed by atoms with E-state index in [-0.39, 0.29) is 5.88 Å². The van der Waals surface area contributed by atoms with Crippen LogP contribution in [0.2, 0.25) is 0 Å². The van der Waals surface area contributed by atoms with Crippen LogP contribution < -0.4 is 4.31 Å². The van der Waals surface area contributed by atoms with E-state index < -0.39 is 16.1 Å². The normalized spacial score (nSPS) is 13.5. The Labute approximate surface area is 101 Å². The molecule has 0 spiro atoms. The van der Waals surface area contributed by atoms with E-state index in [0.29, 0.717) is 11.3 Å². The molecule has 0 radical (unpaired) electrons. The van der Waals surface area contributed by atoms with Crippen molar-refractivity contribution in [1.82, 2.24) is 0 Å². The molecule has 4 nitrogen and oxygen atoms in total. The van der Waals surface area contributed by atoms with Crippen LogP contribution in [0.15, 0.2) is 24.3 Å². The average molecular weight is 264 g/mol. The van der Waals surface area contributed by atoms with Gasteiger partial charge in [-0.05, 0) is 17.7 Å². The highest BCUT2D eigenvalue weighted by Crippen LogP contribution is 2.20. The molecule has 1 N–H and O–H groups in total. The fourth-order valence-corrected chi connectivity index (χ4v) is 1.87. The van der Waals surface area contributed by atoms with Crippen molar-refractivity contribution in [1.29, 1.82) is 0 Å². The van der Waals surface area contributed by atoms with Gasteiger partial charge in [-0.3, -0.25) is 4.31 Å². The highest BCUT2D eigenvalue weighted by atomic mass is 35.5. The lowest BCUT2D eigenvalue weighted by atomic mass is 10.1. The van der Waals surface area contributed by atoms with Crippen molar-refractivity contribution in [2.24, 2.45) is 0 Å². The second kappa shape index (κ2) is 5.03. The monoisotopic (exact) mass is 263 g/mol. The van der Waals surface area contributed by atoms with Crippen molar-refractivity contribution >= 4 is 27.3 Å². The molecule has 0 bridgehead atoms. The number of hydrogen-bond acceptors (Lipinski definition) is 3. The zero-order valence-electron chi connectivity index (χ0n) is 9.09. The summed E-state index contributed by atoms with van der Waals surface area (Å²) in [7, 11) is -1.78. The molecule has 0 heterocycles. The number of anilines is 1. The summed E-state index contributed by atoms with van der Waals surface area (Å²) in [6, 6.07) is 6.58. The summed E-state index contributed by atoms with van der Waals surface area (Å²) in [6.07, 6.45) is 0.411. The van der Waals surface area contributed by atoms with Crippen LogP contribution in [0.1, 0.15) is 11.7 Å². The van der Waals surface area contributed by atoms with Crippen LogP contribution in [0, 0.1) is 0 Å². The van der Waals surface area contributed by atoms with E-state index in [1.54, 1.807) is 24.3 Å². The van der Waals surface area contributed by atoms with Crippen molar-refractivity contribution < 1.29 is 13.5 Å². The standard InChI is InChI=1S/C10H14ClNO3S/c1-12(16(2,14)15)9-5-3-8(4-6-9)10(13)7-11/h3-6,10,13H,7H2,1-2H3/t10-/m1/s1. The van der Waals surface area contributed by atoms with Gasteiger partial charge in [0.25, 0.3) is 0 Å². The van der Waals surface area contributed by atoms with Crippen LogP contribution in [0.25, 0.3) is 0 Å². The summed E-state index contributed by atoms with van der Waals surface area (Å²) in [5.41, 5.74) is 1.22. The van der Waals surface area contributed by atoms with Gasteiger partial charge in [0.15, 0.2) is 0 Å². The van der Waals surface area contributed by atoms with Gasteiger partial charge in [-0.25, -0.2) is 8.42 Å². The number of halogens is 1. The third-order valence-electron chi connectivity index (χ3n) is 2.29. The van der Waals surface area contributed by atoms with Crippen molar-refractivity contribution in [3.05, 3.63) is 29.8 Å². The minimum atomic E-state index is -3.25. The first kappa shape index (κ1) is 13.3. The third kappa shape index (κ3) is 3.10. The second-order valence-electron chi connectivity index (χ2n) is 3.49. The van der Waals surface area contributed by atoms with Crippen molar-refractivity contribution in [3.63, 3.8) is 0 Å². The van der Waals surface area contributed by atoms with Gasteiger partial charge < -0.3 is 5.11 Å². The van der Waals surface area contributed by atoms with E-state index in [4.69, 9.17) is 11.6 Å². The number of benzene rings is 1. The largest absolute Gasteiger partial charge is 0.387 e. The number of rotatable bonds is 4. The van der Waals surface area contributed by atoms with Crippen LogP contribution in [0.5, 0.6) is 0 Å². The Kier molecular flexibility index (Phi) is 4.18. The molecule has 0 fully saturated rings. The Morgan fingerprint density at radius 3 is 2.25 bits per heavy atom. The second-order valence-corrected chi connectivity index (χ2v) is 5.81. The van der Waals surface area contributed by atoms with Crippen LogP contribution in [-0.4, -0.2) is 32.7 Å². The maximum absolute atomic E-state index is 11.3. The minimum Gasteiger partial charge on any atom is -0.387 e. The van der Waals surface area contributed by atoms with Crippen molar-refractivity contribution in [2.75, 3.05) is 23.5 Å². The van der Waals surface area contributed by atoms with E-state index in [1.165, 1.54) is 11.4 Å². The number of aliphatic hydroxyl groups excluding tert-OH is 1. The maximum atomic E-state index is 11.3. The number of hydrogen-bond donors (Lipinski definition) is 1. The number of nitrogens with zero attached hydrogens (tertiary/aromatic N) is 1. The minimum absolute atomic E-state index is 0.112. The van der Waals surface area contributed by atoms with Gasteiger partial charge in [0.1, 0.15) is 0 Å². The Morgan fingerprint density at radius 1 is 1.38 bits per heavy atom. The fraction of sp³-hybridized carbons (Fsp3) is 0.400. The van der Waals surface area contributed by atoms with Crippen LogP contribution in [-0.2, 0) is 10.0 Å². The third-order valence-corrected chi connectivity index (χ3v) is 3.78. The molecule has 1 aromatic carbocycles. The number of alkyl halides is 1. The molecule has 0 aromatic heterocycles. The molecule has 0 aliphatic heterocycles. The summed E-state index contributed by atoms with van der Waals surface area (Å²) in [4.78, 5) is 0. The van der Waals surface area contributed by atoms with Gasteiger partial charge >= 0.3 is 0 Å². The Hall–Kier alpha value is -0.780. The molecule has 1 rings (SSSR count). The topological polar surface area (TPSA) is 57.6 Å². The van der Waals surface area contributed by atoms with Gasteiger partial charge in [-0.15, -0.1) is 11.6 Å². The predicted octanol–water partition coefficient (Wildman–Crippen LogP) is 1.35. The van der Waals surface area contributed by atoms with Crippen molar-refractivity contribution in [3.8, 4) is 0 Å². The first-order valence-electron chi connectivity index (χ1n) is 4.64. The molecule has 0 aliphatic carbocycles. The highest BCUT2D eigenvalue weighted by Gasteiger charge is 2.12. The summed E-state index contributed by atoms with van der Waals surface area (Å²) in [6.45, 7) is 0. The van der Waals surface area contributed by atoms with Gasteiger partial charge in [0.2, 0.25) is 10.0 Å².